The van der Waals surface area contributed by atoms with Gasteiger partial charge in [0.15, 0.2) is 0 Å². The average molecular weight is 302 g/mol. The van der Waals surface area contributed by atoms with E-state index in [9.17, 15) is 0 Å². The number of rotatable bonds is 1. The van der Waals surface area contributed by atoms with Crippen LogP contribution in [0, 0.1) is 0 Å². The summed E-state index contributed by atoms with van der Waals surface area (Å²) in [6.45, 7) is 4.32. The first kappa shape index (κ1) is 14.2. The second kappa shape index (κ2) is 6.65. The summed E-state index contributed by atoms with van der Waals surface area (Å²) in [7, 11) is 22.1. The van der Waals surface area contributed by atoms with Crippen LogP contribution in [0.15, 0.2) is 12.4 Å². The molecular formula is C6H12Cl4N2Ti. The van der Waals surface area contributed by atoms with Gasteiger partial charge in [0.1, 0.15) is 0 Å². The Bertz CT molecular complexity index is 165. The molecule has 0 aliphatic carbocycles. The summed E-state index contributed by atoms with van der Waals surface area (Å²) in [5.41, 5.74) is 0. The monoisotopic (exact) mass is 300 g/mol. The molecule has 13 heavy (non-hydrogen) atoms. The number of halogens is 4. The molecule has 0 aromatic rings. The summed E-state index contributed by atoms with van der Waals surface area (Å²) >= 11 is -3.11. The summed E-state index contributed by atoms with van der Waals surface area (Å²) in [6.07, 6.45) is 4.20. The topological polar surface area (TPSA) is 6.48 Å². The van der Waals surface area contributed by atoms with Crippen LogP contribution in [-0.2, 0) is 12.3 Å². The van der Waals surface area contributed by atoms with E-state index in [1.54, 1.807) is 0 Å². The van der Waals surface area contributed by atoms with E-state index in [-0.39, 0.29) is 0 Å². The van der Waals surface area contributed by atoms with Gasteiger partial charge in [-0.3, -0.25) is 0 Å². The van der Waals surface area contributed by atoms with Crippen molar-refractivity contribution in [1.82, 2.24) is 9.80 Å². The molecule has 0 atom stereocenters. The van der Waals surface area contributed by atoms with Crippen LogP contribution in [0.25, 0.3) is 0 Å². The Morgan fingerprint density at radius 2 is 1.69 bits per heavy atom. The normalized spacial score (nSPS) is 15.8. The summed E-state index contributed by atoms with van der Waals surface area (Å²) in [5.74, 6) is 0. The molecule has 0 bridgehead atoms. The van der Waals surface area contributed by atoms with E-state index in [4.69, 9.17) is 37.2 Å². The molecule has 0 spiro atoms. The Morgan fingerprint density at radius 3 is 1.85 bits per heavy atom. The molecule has 0 fully saturated rings. The Hall–Kier alpha value is 1.21. The summed E-state index contributed by atoms with van der Waals surface area (Å²) < 4.78 is 0. The van der Waals surface area contributed by atoms with Gasteiger partial charge in [-0.05, 0) is 6.92 Å². The van der Waals surface area contributed by atoms with E-state index in [0.29, 0.717) is 0 Å². The first-order chi connectivity index (χ1) is 5.83. The minimum absolute atomic E-state index is 1.05. The fraction of sp³-hybridized carbons (Fsp3) is 0.667. The molecule has 0 unspecified atom stereocenters. The van der Waals surface area contributed by atoms with Gasteiger partial charge in [-0.15, -0.1) is 0 Å². The van der Waals surface area contributed by atoms with Crippen molar-refractivity contribution in [3.05, 3.63) is 12.4 Å². The maximum absolute atomic E-state index is 5.01. The maximum atomic E-state index is 5.01. The first-order valence-electron chi connectivity index (χ1n) is 3.71. The third kappa shape index (κ3) is 11.1. The van der Waals surface area contributed by atoms with Gasteiger partial charge >= 0.3 is 49.6 Å². The Kier molecular flexibility index (Phi) is 7.27. The number of hydrogen-bond acceptors (Lipinski definition) is 2. The molecule has 0 radical (unpaired) electrons. The molecule has 78 valence electrons. The van der Waals surface area contributed by atoms with Gasteiger partial charge in [-0.2, -0.15) is 0 Å². The first-order valence-corrected chi connectivity index (χ1v) is 12.3. The van der Waals surface area contributed by atoms with E-state index in [2.05, 4.69) is 36.2 Å². The quantitative estimate of drug-likeness (QED) is 0.685. The van der Waals surface area contributed by atoms with Crippen LogP contribution in [0.4, 0.5) is 0 Å². The van der Waals surface area contributed by atoms with Crippen LogP contribution in [0.5, 0.6) is 0 Å². The summed E-state index contributed by atoms with van der Waals surface area (Å²) in [6, 6.07) is 0. The van der Waals surface area contributed by atoms with Crippen molar-refractivity contribution in [3.8, 4) is 0 Å². The second-order valence-electron chi connectivity index (χ2n) is 2.53. The molecule has 0 aromatic carbocycles. The van der Waals surface area contributed by atoms with Gasteiger partial charge in [-0.1, -0.05) is 0 Å². The zero-order chi connectivity index (χ0) is 10.5. The van der Waals surface area contributed by atoms with Crippen LogP contribution >= 0.6 is 37.2 Å². The van der Waals surface area contributed by atoms with Crippen LogP contribution < -0.4 is 0 Å². The third-order valence-corrected chi connectivity index (χ3v) is 1.34. The zero-order valence-electron chi connectivity index (χ0n) is 7.48. The van der Waals surface area contributed by atoms with E-state index < -0.39 is 12.3 Å². The van der Waals surface area contributed by atoms with E-state index in [1.165, 1.54) is 0 Å². The number of nitrogens with zero attached hydrogens (tertiary/aromatic N) is 2. The van der Waals surface area contributed by atoms with Gasteiger partial charge in [-0.25, -0.2) is 0 Å². The minimum atomic E-state index is -3.11. The molecule has 1 aliphatic heterocycles. The Morgan fingerprint density at radius 1 is 1.23 bits per heavy atom. The standard InChI is InChI=1S/C6H12N2.4ClH.Ti/c1-3-8-5-4-7(2)6-8;;;;;/h4-5H,3,6H2,1-2H3;4*1H;/q;;;;;+4/p-4. The Labute approximate surface area is 98.2 Å². The fourth-order valence-electron chi connectivity index (χ4n) is 0.794. The molecule has 0 saturated carbocycles. The van der Waals surface area contributed by atoms with Crippen LogP contribution in [0.2, 0.25) is 0 Å². The average Bonchev–Trinajstić information content (AvgIpc) is 2.31. The molecule has 1 rings (SSSR count). The number of hydrogen-bond donors (Lipinski definition) is 0. The molecule has 7 heteroatoms. The van der Waals surface area contributed by atoms with E-state index >= 15 is 0 Å². The van der Waals surface area contributed by atoms with Gasteiger partial charge in [0.25, 0.3) is 0 Å². The molecule has 1 aliphatic rings. The molecule has 0 saturated heterocycles. The van der Waals surface area contributed by atoms with E-state index in [0.717, 1.165) is 13.2 Å². The van der Waals surface area contributed by atoms with E-state index in [1.807, 2.05) is 0 Å². The molecule has 0 aromatic heterocycles. The molecule has 0 amide bonds. The van der Waals surface area contributed by atoms with Crippen molar-refractivity contribution in [1.29, 1.82) is 0 Å². The molecule has 0 N–H and O–H groups in total. The van der Waals surface area contributed by atoms with Gasteiger partial charge in [0.05, 0.1) is 6.67 Å². The fourth-order valence-corrected chi connectivity index (χ4v) is 0.794. The van der Waals surface area contributed by atoms with Crippen molar-refractivity contribution in [2.75, 3.05) is 20.3 Å². The van der Waals surface area contributed by atoms with Crippen LogP contribution in [0.1, 0.15) is 6.92 Å². The molecule has 1 heterocycles. The van der Waals surface area contributed by atoms with Crippen molar-refractivity contribution in [2.24, 2.45) is 0 Å². The zero-order valence-corrected chi connectivity index (χ0v) is 12.1. The van der Waals surface area contributed by atoms with Gasteiger partial charge in [0, 0.05) is 26.0 Å². The molecule has 2 nitrogen and oxygen atoms in total. The van der Waals surface area contributed by atoms with Crippen molar-refractivity contribution >= 4 is 37.2 Å². The summed E-state index contributed by atoms with van der Waals surface area (Å²) in [4.78, 5) is 4.41. The second-order valence-corrected chi connectivity index (χ2v) is 18.0. The predicted molar refractivity (Wildman–Crippen MR) is 57.6 cm³/mol. The van der Waals surface area contributed by atoms with Crippen LogP contribution in [-0.4, -0.2) is 30.1 Å². The Balaban J connectivity index is 0.000000252. The summed E-state index contributed by atoms with van der Waals surface area (Å²) in [5, 5.41) is 0. The van der Waals surface area contributed by atoms with Crippen LogP contribution in [0.3, 0.4) is 0 Å². The van der Waals surface area contributed by atoms with Gasteiger partial charge < -0.3 is 9.80 Å². The van der Waals surface area contributed by atoms with Gasteiger partial charge in [0.2, 0.25) is 0 Å². The van der Waals surface area contributed by atoms with Crippen molar-refractivity contribution in [2.45, 2.75) is 6.92 Å². The molecular weight excluding hydrogens is 290 g/mol. The SMILES string of the molecule is CCN1C=CN(C)C1.[Cl][Ti]([Cl])([Cl])[Cl]. The third-order valence-electron chi connectivity index (χ3n) is 1.34. The van der Waals surface area contributed by atoms with Crippen molar-refractivity contribution in [3.63, 3.8) is 0 Å². The predicted octanol–water partition coefficient (Wildman–Crippen LogP) is 3.44. The van der Waals surface area contributed by atoms with Crippen molar-refractivity contribution < 1.29 is 12.3 Å².